The number of nitrogens with zero attached hydrogens (tertiary/aromatic N) is 3. The molecular formula is C17H17N5O2. The van der Waals surface area contributed by atoms with E-state index in [1.807, 2.05) is 24.4 Å². The van der Waals surface area contributed by atoms with Crippen molar-refractivity contribution in [3.8, 4) is 11.6 Å². The molecule has 0 aliphatic carbocycles. The average Bonchev–Trinajstić information content (AvgIpc) is 3.16. The minimum atomic E-state index is -0.280. The van der Waals surface area contributed by atoms with Crippen molar-refractivity contribution in [2.24, 2.45) is 0 Å². The van der Waals surface area contributed by atoms with E-state index in [-0.39, 0.29) is 6.03 Å². The predicted octanol–water partition coefficient (Wildman–Crippen LogP) is 2.60. The number of rotatable bonds is 5. The lowest BCUT2D eigenvalue weighted by Crippen LogP contribution is -2.28. The van der Waals surface area contributed by atoms with Crippen LogP contribution in [0.4, 0.5) is 10.5 Å². The molecule has 0 saturated carbocycles. The molecule has 24 heavy (non-hydrogen) atoms. The second-order valence-corrected chi connectivity index (χ2v) is 5.01. The molecule has 122 valence electrons. The molecule has 1 aromatic carbocycles. The number of benzene rings is 1. The van der Waals surface area contributed by atoms with Crippen molar-refractivity contribution in [3.63, 3.8) is 0 Å². The highest BCUT2D eigenvalue weighted by Gasteiger charge is 2.04. The molecule has 2 heterocycles. The Morgan fingerprint density at radius 3 is 2.75 bits per heavy atom. The number of nitrogens with one attached hydrogen (secondary N) is 2. The summed E-state index contributed by atoms with van der Waals surface area (Å²) in [6, 6.07) is 12.4. The molecule has 0 saturated heterocycles. The minimum Gasteiger partial charge on any atom is -0.497 e. The van der Waals surface area contributed by atoms with Crippen LogP contribution < -0.4 is 15.4 Å². The maximum atomic E-state index is 12.0. The van der Waals surface area contributed by atoms with Crippen molar-refractivity contribution in [2.45, 2.75) is 6.54 Å². The van der Waals surface area contributed by atoms with Crippen LogP contribution in [0.5, 0.6) is 5.75 Å². The standard InChI is InChI=1S/C17H17N5O2/c1-24-15-5-3-14(4-6-15)21-17(23)19-12-13-7-9-18-16(11-13)22-10-2-8-20-22/h2-11H,12H2,1H3,(H2,19,21,23). The molecule has 0 fully saturated rings. The molecule has 7 nitrogen and oxygen atoms in total. The molecule has 3 rings (SSSR count). The zero-order valence-corrected chi connectivity index (χ0v) is 13.1. The first kappa shape index (κ1) is 15.5. The van der Waals surface area contributed by atoms with Crippen LogP contribution in [0.25, 0.3) is 5.82 Å². The molecule has 0 aliphatic rings. The van der Waals surface area contributed by atoms with E-state index < -0.39 is 0 Å². The lowest BCUT2D eigenvalue weighted by atomic mass is 10.2. The third-order valence-electron chi connectivity index (χ3n) is 3.35. The number of carbonyl (C=O) groups excluding carboxylic acids is 1. The topological polar surface area (TPSA) is 81.1 Å². The molecule has 0 radical (unpaired) electrons. The summed E-state index contributed by atoms with van der Waals surface area (Å²) in [6.45, 7) is 0.388. The molecule has 0 bridgehead atoms. The molecule has 3 aromatic rings. The van der Waals surface area contributed by atoms with Gasteiger partial charge in [0.05, 0.1) is 7.11 Å². The monoisotopic (exact) mass is 323 g/mol. The van der Waals surface area contributed by atoms with Crippen LogP contribution in [0.15, 0.2) is 61.1 Å². The second kappa shape index (κ2) is 7.28. The van der Waals surface area contributed by atoms with Crippen molar-refractivity contribution in [2.75, 3.05) is 12.4 Å². The molecule has 2 N–H and O–H groups in total. The fourth-order valence-electron chi connectivity index (χ4n) is 2.13. The summed E-state index contributed by atoms with van der Waals surface area (Å²) in [4.78, 5) is 16.2. The summed E-state index contributed by atoms with van der Waals surface area (Å²) in [6.07, 6.45) is 5.19. The van der Waals surface area contributed by atoms with Gasteiger partial charge in [0.2, 0.25) is 0 Å². The molecule has 0 unspecified atom stereocenters. The highest BCUT2D eigenvalue weighted by molar-refractivity contribution is 5.89. The van der Waals surface area contributed by atoms with Gasteiger partial charge in [-0.1, -0.05) is 0 Å². The second-order valence-electron chi connectivity index (χ2n) is 5.01. The van der Waals surface area contributed by atoms with E-state index in [1.165, 1.54) is 0 Å². The number of hydrogen-bond acceptors (Lipinski definition) is 4. The number of pyridine rings is 1. The van der Waals surface area contributed by atoms with Crippen LogP contribution in [0.2, 0.25) is 0 Å². The Kier molecular flexibility index (Phi) is 4.71. The maximum absolute atomic E-state index is 12.0. The summed E-state index contributed by atoms with van der Waals surface area (Å²) < 4.78 is 6.75. The predicted molar refractivity (Wildman–Crippen MR) is 90.2 cm³/mol. The van der Waals surface area contributed by atoms with E-state index in [4.69, 9.17) is 4.74 Å². The fourth-order valence-corrected chi connectivity index (χ4v) is 2.13. The Balaban J connectivity index is 1.57. The van der Waals surface area contributed by atoms with Crippen molar-refractivity contribution >= 4 is 11.7 Å². The first-order chi connectivity index (χ1) is 11.7. The van der Waals surface area contributed by atoms with Gasteiger partial charge in [0.25, 0.3) is 0 Å². The van der Waals surface area contributed by atoms with Gasteiger partial charge in [-0.05, 0) is 48.0 Å². The SMILES string of the molecule is COc1ccc(NC(=O)NCc2ccnc(-n3cccn3)c2)cc1. The van der Waals surface area contributed by atoms with Crippen molar-refractivity contribution in [3.05, 3.63) is 66.6 Å². The average molecular weight is 323 g/mol. The van der Waals surface area contributed by atoms with E-state index in [1.54, 1.807) is 48.5 Å². The molecule has 0 aliphatic heterocycles. The first-order valence-electron chi connectivity index (χ1n) is 7.38. The number of hydrogen-bond donors (Lipinski definition) is 2. The van der Waals surface area contributed by atoms with Gasteiger partial charge < -0.3 is 15.4 Å². The lowest BCUT2D eigenvalue weighted by molar-refractivity contribution is 0.251. The van der Waals surface area contributed by atoms with E-state index in [0.717, 1.165) is 11.3 Å². The summed E-state index contributed by atoms with van der Waals surface area (Å²) in [5, 5.41) is 9.71. The van der Waals surface area contributed by atoms with Gasteiger partial charge in [0, 0.05) is 30.8 Å². The third-order valence-corrected chi connectivity index (χ3v) is 3.35. The van der Waals surface area contributed by atoms with E-state index >= 15 is 0 Å². The number of urea groups is 1. The fraction of sp³-hybridized carbons (Fsp3) is 0.118. The van der Waals surface area contributed by atoms with Gasteiger partial charge in [-0.15, -0.1) is 0 Å². The largest absolute Gasteiger partial charge is 0.497 e. The van der Waals surface area contributed by atoms with Gasteiger partial charge in [-0.2, -0.15) is 5.10 Å². The van der Waals surface area contributed by atoms with Crippen LogP contribution in [-0.4, -0.2) is 27.9 Å². The molecule has 7 heteroatoms. The maximum Gasteiger partial charge on any atom is 0.319 e. The van der Waals surface area contributed by atoms with Crippen molar-refractivity contribution in [1.82, 2.24) is 20.1 Å². The molecule has 0 atom stereocenters. The van der Waals surface area contributed by atoms with Crippen LogP contribution >= 0.6 is 0 Å². The normalized spacial score (nSPS) is 10.2. The van der Waals surface area contributed by atoms with E-state index in [9.17, 15) is 4.79 Å². The van der Waals surface area contributed by atoms with Gasteiger partial charge in [0.15, 0.2) is 5.82 Å². The van der Waals surface area contributed by atoms with Gasteiger partial charge in [0.1, 0.15) is 5.75 Å². The Labute approximate surface area is 139 Å². The highest BCUT2D eigenvalue weighted by atomic mass is 16.5. The zero-order chi connectivity index (χ0) is 16.8. The quantitative estimate of drug-likeness (QED) is 0.756. The first-order valence-corrected chi connectivity index (χ1v) is 7.38. The van der Waals surface area contributed by atoms with Crippen molar-refractivity contribution < 1.29 is 9.53 Å². The summed E-state index contributed by atoms with van der Waals surface area (Å²) in [7, 11) is 1.60. The zero-order valence-electron chi connectivity index (χ0n) is 13.1. The van der Waals surface area contributed by atoms with Crippen molar-refractivity contribution in [1.29, 1.82) is 0 Å². The highest BCUT2D eigenvalue weighted by Crippen LogP contribution is 2.14. The minimum absolute atomic E-state index is 0.280. The smallest absolute Gasteiger partial charge is 0.319 e. The van der Waals surface area contributed by atoms with Crippen LogP contribution in [0.1, 0.15) is 5.56 Å². The van der Waals surface area contributed by atoms with Crippen LogP contribution in [0.3, 0.4) is 0 Å². The van der Waals surface area contributed by atoms with Gasteiger partial charge >= 0.3 is 6.03 Å². The molecular weight excluding hydrogens is 306 g/mol. The number of aromatic nitrogens is 3. The summed E-state index contributed by atoms with van der Waals surface area (Å²) in [5.74, 6) is 1.44. The molecule has 2 aromatic heterocycles. The Morgan fingerprint density at radius 1 is 1.21 bits per heavy atom. The Hall–Kier alpha value is -3.35. The number of anilines is 1. The lowest BCUT2D eigenvalue weighted by Gasteiger charge is -2.09. The third kappa shape index (κ3) is 3.89. The Bertz CT molecular complexity index is 800. The van der Waals surface area contributed by atoms with Crippen LogP contribution in [-0.2, 0) is 6.54 Å². The summed E-state index contributed by atoms with van der Waals surface area (Å²) >= 11 is 0. The van der Waals surface area contributed by atoms with Gasteiger partial charge in [-0.25, -0.2) is 14.5 Å². The molecule has 2 amide bonds. The number of carbonyl (C=O) groups is 1. The summed E-state index contributed by atoms with van der Waals surface area (Å²) in [5.41, 5.74) is 1.63. The number of amides is 2. The van der Waals surface area contributed by atoms with Gasteiger partial charge in [-0.3, -0.25) is 0 Å². The number of ether oxygens (including phenoxy) is 1. The van der Waals surface area contributed by atoms with E-state index in [0.29, 0.717) is 18.1 Å². The number of methoxy groups -OCH3 is 1. The molecule has 0 spiro atoms. The van der Waals surface area contributed by atoms with Crippen LogP contribution in [0, 0.1) is 0 Å². The Morgan fingerprint density at radius 2 is 2.04 bits per heavy atom. The van der Waals surface area contributed by atoms with E-state index in [2.05, 4.69) is 20.7 Å².